The third-order valence-electron chi connectivity index (χ3n) is 4.53. The van der Waals surface area contributed by atoms with Crippen LogP contribution in [0.4, 0.5) is 11.4 Å². The van der Waals surface area contributed by atoms with Crippen molar-refractivity contribution in [2.75, 3.05) is 5.01 Å². The Kier molecular flexibility index (Phi) is 4.19. The molecule has 3 aromatic carbocycles. The third kappa shape index (κ3) is 2.95. The van der Waals surface area contributed by atoms with Crippen LogP contribution in [0.15, 0.2) is 90.0 Å². The summed E-state index contributed by atoms with van der Waals surface area (Å²) in [5.74, 6) is 0. The van der Waals surface area contributed by atoms with Gasteiger partial charge in [-0.3, -0.25) is 15.1 Å². The molecule has 1 atom stereocenters. The van der Waals surface area contributed by atoms with E-state index >= 15 is 0 Å². The maximum atomic E-state index is 11.5. The normalized spacial score (nSPS) is 16.4. The molecule has 4 rings (SSSR count). The molecule has 0 saturated carbocycles. The molecule has 0 amide bonds. The summed E-state index contributed by atoms with van der Waals surface area (Å²) < 4.78 is 0. The van der Waals surface area contributed by atoms with Gasteiger partial charge >= 0.3 is 0 Å². The minimum atomic E-state index is -0.320. The Balaban J connectivity index is 1.80. The number of benzene rings is 3. The monoisotopic (exact) mass is 343 g/mol. The second-order valence-corrected chi connectivity index (χ2v) is 6.13. The summed E-state index contributed by atoms with van der Waals surface area (Å²) in [5.41, 5.74) is 3.69. The van der Waals surface area contributed by atoms with Crippen molar-refractivity contribution in [3.8, 4) is 0 Å². The van der Waals surface area contributed by atoms with Gasteiger partial charge in [0, 0.05) is 12.5 Å². The van der Waals surface area contributed by atoms with E-state index in [1.807, 2.05) is 77.8 Å². The quantitative estimate of drug-likeness (QED) is 0.497. The van der Waals surface area contributed by atoms with Crippen molar-refractivity contribution in [2.24, 2.45) is 5.10 Å². The maximum absolute atomic E-state index is 11.5. The Bertz CT molecular complexity index is 955. The molecule has 5 nitrogen and oxygen atoms in total. The van der Waals surface area contributed by atoms with E-state index in [9.17, 15) is 10.1 Å². The van der Waals surface area contributed by atoms with Crippen LogP contribution in [0, 0.1) is 10.1 Å². The number of nitro benzene ring substituents is 1. The van der Waals surface area contributed by atoms with Crippen LogP contribution in [-0.4, -0.2) is 10.6 Å². The third-order valence-corrected chi connectivity index (χ3v) is 4.53. The second-order valence-electron chi connectivity index (χ2n) is 6.13. The fourth-order valence-electron chi connectivity index (χ4n) is 3.31. The zero-order valence-corrected chi connectivity index (χ0v) is 14.0. The molecule has 1 aliphatic heterocycles. The zero-order chi connectivity index (χ0) is 17.9. The van der Waals surface area contributed by atoms with E-state index in [0.29, 0.717) is 12.0 Å². The fourth-order valence-corrected chi connectivity index (χ4v) is 3.31. The van der Waals surface area contributed by atoms with Crippen LogP contribution in [0.5, 0.6) is 0 Å². The van der Waals surface area contributed by atoms with Crippen molar-refractivity contribution in [2.45, 2.75) is 12.5 Å². The second kappa shape index (κ2) is 6.80. The highest BCUT2D eigenvalue weighted by Gasteiger charge is 2.33. The van der Waals surface area contributed by atoms with E-state index in [0.717, 1.165) is 17.0 Å². The highest BCUT2D eigenvalue weighted by molar-refractivity contribution is 6.03. The van der Waals surface area contributed by atoms with Crippen LogP contribution in [0.3, 0.4) is 0 Å². The van der Waals surface area contributed by atoms with Crippen LogP contribution in [-0.2, 0) is 0 Å². The summed E-state index contributed by atoms with van der Waals surface area (Å²) in [6.45, 7) is 0. The van der Waals surface area contributed by atoms with Gasteiger partial charge in [0.25, 0.3) is 5.69 Å². The first-order valence-electron chi connectivity index (χ1n) is 8.44. The first-order chi connectivity index (χ1) is 12.7. The number of hydrogen-bond donors (Lipinski definition) is 0. The molecular weight excluding hydrogens is 326 g/mol. The summed E-state index contributed by atoms with van der Waals surface area (Å²) >= 11 is 0. The molecular formula is C21H17N3O2. The van der Waals surface area contributed by atoms with E-state index in [1.165, 1.54) is 0 Å². The predicted octanol–water partition coefficient (Wildman–Crippen LogP) is 4.95. The van der Waals surface area contributed by atoms with Crippen molar-refractivity contribution in [3.63, 3.8) is 0 Å². The fraction of sp³-hybridized carbons (Fsp3) is 0.0952. The maximum Gasteiger partial charge on any atom is 0.274 e. The highest BCUT2D eigenvalue weighted by atomic mass is 16.6. The summed E-state index contributed by atoms with van der Waals surface area (Å²) in [5, 5.41) is 18.2. The van der Waals surface area contributed by atoms with Gasteiger partial charge in [-0.15, -0.1) is 0 Å². The molecule has 0 unspecified atom stereocenters. The minimum Gasteiger partial charge on any atom is -0.258 e. The van der Waals surface area contributed by atoms with Crippen molar-refractivity contribution >= 4 is 17.1 Å². The van der Waals surface area contributed by atoms with E-state index in [-0.39, 0.29) is 16.7 Å². The Labute approximate surface area is 151 Å². The molecule has 0 radical (unpaired) electrons. The lowest BCUT2D eigenvalue weighted by Crippen LogP contribution is -2.19. The molecule has 0 fully saturated rings. The lowest BCUT2D eigenvalue weighted by atomic mass is 9.97. The molecule has 26 heavy (non-hydrogen) atoms. The molecule has 0 aromatic heterocycles. The molecule has 0 bridgehead atoms. The van der Waals surface area contributed by atoms with Crippen LogP contribution >= 0.6 is 0 Å². The number of nitrogens with zero attached hydrogens (tertiary/aromatic N) is 3. The number of anilines is 1. The lowest BCUT2D eigenvalue weighted by Gasteiger charge is -2.23. The molecule has 0 saturated heterocycles. The molecule has 5 heteroatoms. The van der Waals surface area contributed by atoms with Gasteiger partial charge in [-0.25, -0.2) is 0 Å². The van der Waals surface area contributed by atoms with Crippen molar-refractivity contribution in [1.29, 1.82) is 0 Å². The van der Waals surface area contributed by atoms with Gasteiger partial charge in [-0.2, -0.15) is 5.10 Å². The summed E-state index contributed by atoms with van der Waals surface area (Å²) in [4.78, 5) is 11.2. The van der Waals surface area contributed by atoms with Gasteiger partial charge in [0.15, 0.2) is 0 Å². The van der Waals surface area contributed by atoms with Crippen LogP contribution in [0.25, 0.3) is 0 Å². The average Bonchev–Trinajstić information content (AvgIpc) is 3.14. The largest absolute Gasteiger partial charge is 0.274 e. The molecule has 1 aliphatic rings. The smallest absolute Gasteiger partial charge is 0.258 e. The van der Waals surface area contributed by atoms with Gasteiger partial charge < -0.3 is 0 Å². The summed E-state index contributed by atoms with van der Waals surface area (Å²) in [7, 11) is 0. The summed E-state index contributed by atoms with van der Waals surface area (Å²) in [6, 6.07) is 26.4. The van der Waals surface area contributed by atoms with Gasteiger partial charge in [0.05, 0.1) is 27.9 Å². The van der Waals surface area contributed by atoms with Crippen molar-refractivity contribution in [1.82, 2.24) is 0 Å². The Morgan fingerprint density at radius 3 is 2.19 bits per heavy atom. The van der Waals surface area contributed by atoms with E-state index in [2.05, 4.69) is 0 Å². The highest BCUT2D eigenvalue weighted by Crippen LogP contribution is 2.39. The van der Waals surface area contributed by atoms with Crippen LogP contribution in [0.2, 0.25) is 0 Å². The van der Waals surface area contributed by atoms with Gasteiger partial charge in [0.2, 0.25) is 0 Å². The Hall–Kier alpha value is -3.47. The zero-order valence-electron chi connectivity index (χ0n) is 14.0. The summed E-state index contributed by atoms with van der Waals surface area (Å²) in [6.07, 6.45) is 0.615. The van der Waals surface area contributed by atoms with Crippen molar-refractivity contribution < 1.29 is 4.92 Å². The molecule has 0 aliphatic carbocycles. The molecule has 1 heterocycles. The SMILES string of the molecule is O=[N+]([O-])c1ccccc1[C@@H]1CC(c2ccccc2)=NN1c1ccccc1. The van der Waals surface area contributed by atoms with Crippen molar-refractivity contribution in [3.05, 3.63) is 106 Å². The number of nitro groups is 1. The first kappa shape index (κ1) is 16.0. The minimum absolute atomic E-state index is 0.128. The first-order valence-corrected chi connectivity index (χ1v) is 8.44. The van der Waals surface area contributed by atoms with Gasteiger partial charge in [-0.1, -0.05) is 60.7 Å². The molecule has 0 spiro atoms. The van der Waals surface area contributed by atoms with Gasteiger partial charge in [0.1, 0.15) is 0 Å². The molecule has 128 valence electrons. The lowest BCUT2D eigenvalue weighted by molar-refractivity contribution is -0.385. The Morgan fingerprint density at radius 1 is 0.885 bits per heavy atom. The van der Waals surface area contributed by atoms with Crippen LogP contribution in [0.1, 0.15) is 23.6 Å². The molecule has 0 N–H and O–H groups in total. The van der Waals surface area contributed by atoms with Gasteiger partial charge in [-0.05, 0) is 23.8 Å². The Morgan fingerprint density at radius 2 is 1.50 bits per heavy atom. The number of hydrogen-bond acceptors (Lipinski definition) is 4. The van der Waals surface area contributed by atoms with Crippen LogP contribution < -0.4 is 5.01 Å². The number of hydrazone groups is 1. The number of para-hydroxylation sites is 2. The predicted molar refractivity (Wildman–Crippen MR) is 102 cm³/mol. The van der Waals surface area contributed by atoms with E-state index in [4.69, 9.17) is 5.10 Å². The average molecular weight is 343 g/mol. The van der Waals surface area contributed by atoms with E-state index < -0.39 is 0 Å². The van der Waals surface area contributed by atoms with E-state index in [1.54, 1.807) is 12.1 Å². The topological polar surface area (TPSA) is 58.7 Å². The standard InChI is InChI=1S/C21H17N3O2/c25-24(26)20-14-8-7-13-18(20)21-15-19(16-9-3-1-4-10-16)22-23(21)17-11-5-2-6-12-17/h1-14,21H,15H2/t21-/m0/s1. The number of rotatable bonds is 4. The molecule has 3 aromatic rings.